The van der Waals surface area contributed by atoms with Crippen molar-refractivity contribution in [1.82, 2.24) is 10.6 Å². The van der Waals surface area contributed by atoms with Crippen LogP contribution in [0.4, 0.5) is 0 Å². The molecule has 0 radical (unpaired) electrons. The summed E-state index contributed by atoms with van der Waals surface area (Å²) in [6.07, 6.45) is 1.60. The SMILES string of the molecule is O=C(NCc1ccc2c(c1)CNC2)[C@H]1CCCO1. The number of hydrogen-bond donors (Lipinski definition) is 2. The summed E-state index contributed by atoms with van der Waals surface area (Å²) in [5.74, 6) is 0.0196. The van der Waals surface area contributed by atoms with Crippen molar-refractivity contribution in [3.63, 3.8) is 0 Å². The molecule has 3 rings (SSSR count). The minimum absolute atomic E-state index is 0.0196. The molecule has 1 aromatic carbocycles. The third kappa shape index (κ3) is 2.40. The Morgan fingerprint density at radius 3 is 3.11 bits per heavy atom. The molecular weight excluding hydrogens is 228 g/mol. The number of hydrogen-bond acceptors (Lipinski definition) is 3. The standard InChI is InChI=1S/C14H18N2O2/c17-14(13-2-1-5-18-13)16-7-10-3-4-11-8-15-9-12(11)6-10/h3-4,6,13,15H,1-2,5,7-9H2,(H,16,17)/t13-/m1/s1. The zero-order valence-corrected chi connectivity index (χ0v) is 10.4. The molecule has 1 aromatic rings. The number of nitrogens with one attached hydrogen (secondary N) is 2. The molecule has 0 bridgehead atoms. The van der Waals surface area contributed by atoms with Gasteiger partial charge in [0.25, 0.3) is 0 Å². The average molecular weight is 246 g/mol. The Labute approximate surface area is 107 Å². The molecule has 0 saturated carbocycles. The number of rotatable bonds is 3. The number of carbonyl (C=O) groups is 1. The monoisotopic (exact) mass is 246 g/mol. The van der Waals surface area contributed by atoms with Crippen molar-refractivity contribution in [2.45, 2.75) is 38.6 Å². The van der Waals surface area contributed by atoms with E-state index in [1.54, 1.807) is 0 Å². The van der Waals surface area contributed by atoms with E-state index in [-0.39, 0.29) is 12.0 Å². The van der Waals surface area contributed by atoms with Gasteiger partial charge in [0.2, 0.25) is 5.91 Å². The van der Waals surface area contributed by atoms with Crippen LogP contribution in [0.1, 0.15) is 29.5 Å². The number of fused-ring (bicyclic) bond motifs is 1. The first-order valence-electron chi connectivity index (χ1n) is 6.53. The maximum absolute atomic E-state index is 11.8. The van der Waals surface area contributed by atoms with E-state index in [0.29, 0.717) is 13.2 Å². The molecule has 0 unspecified atom stereocenters. The van der Waals surface area contributed by atoms with Gasteiger partial charge in [-0.3, -0.25) is 4.79 Å². The van der Waals surface area contributed by atoms with Crippen LogP contribution in [-0.2, 0) is 29.2 Å². The van der Waals surface area contributed by atoms with Gasteiger partial charge in [0.05, 0.1) is 0 Å². The van der Waals surface area contributed by atoms with Gasteiger partial charge in [-0.15, -0.1) is 0 Å². The fourth-order valence-corrected chi connectivity index (χ4v) is 2.55. The predicted octanol–water partition coefficient (Wildman–Crippen LogP) is 1.08. The molecule has 2 aliphatic heterocycles. The summed E-state index contributed by atoms with van der Waals surface area (Å²) in [6.45, 7) is 3.19. The molecule has 1 fully saturated rings. The molecule has 4 nitrogen and oxygen atoms in total. The largest absolute Gasteiger partial charge is 0.368 e. The number of carbonyl (C=O) groups excluding carboxylic acids is 1. The molecule has 2 heterocycles. The van der Waals surface area contributed by atoms with E-state index in [9.17, 15) is 4.79 Å². The van der Waals surface area contributed by atoms with Crippen LogP contribution in [0.2, 0.25) is 0 Å². The minimum Gasteiger partial charge on any atom is -0.368 e. The first-order valence-corrected chi connectivity index (χ1v) is 6.53. The maximum atomic E-state index is 11.8. The van der Waals surface area contributed by atoms with Crippen molar-refractivity contribution in [2.24, 2.45) is 0 Å². The molecule has 1 amide bonds. The normalized spacial score (nSPS) is 21.9. The van der Waals surface area contributed by atoms with Gasteiger partial charge in [0.15, 0.2) is 0 Å². The molecule has 0 aliphatic carbocycles. The van der Waals surface area contributed by atoms with Crippen molar-refractivity contribution >= 4 is 5.91 Å². The molecule has 1 saturated heterocycles. The van der Waals surface area contributed by atoms with Crippen molar-refractivity contribution in [2.75, 3.05) is 6.61 Å². The average Bonchev–Trinajstić information content (AvgIpc) is 3.05. The summed E-state index contributed by atoms with van der Waals surface area (Å²) in [4.78, 5) is 11.8. The molecular formula is C14H18N2O2. The van der Waals surface area contributed by atoms with Crippen molar-refractivity contribution in [1.29, 1.82) is 0 Å². The van der Waals surface area contributed by atoms with E-state index >= 15 is 0 Å². The van der Waals surface area contributed by atoms with E-state index in [1.165, 1.54) is 11.1 Å². The molecule has 2 N–H and O–H groups in total. The van der Waals surface area contributed by atoms with E-state index in [1.807, 2.05) is 0 Å². The van der Waals surface area contributed by atoms with Crippen molar-refractivity contribution in [3.05, 3.63) is 34.9 Å². The predicted molar refractivity (Wildman–Crippen MR) is 67.8 cm³/mol. The van der Waals surface area contributed by atoms with Gasteiger partial charge in [0.1, 0.15) is 6.10 Å². The van der Waals surface area contributed by atoms with Crippen LogP contribution in [0.3, 0.4) is 0 Å². The number of ether oxygens (including phenoxy) is 1. The minimum atomic E-state index is -0.235. The van der Waals surface area contributed by atoms with Crippen molar-refractivity contribution < 1.29 is 9.53 Å². The smallest absolute Gasteiger partial charge is 0.249 e. The second kappa shape index (κ2) is 5.08. The Kier molecular flexibility index (Phi) is 3.30. The van der Waals surface area contributed by atoms with Gasteiger partial charge in [-0.05, 0) is 29.5 Å². The number of amides is 1. The molecule has 0 aromatic heterocycles. The molecule has 2 aliphatic rings. The number of benzene rings is 1. The van der Waals surface area contributed by atoms with E-state index in [2.05, 4.69) is 28.8 Å². The van der Waals surface area contributed by atoms with Crippen molar-refractivity contribution in [3.8, 4) is 0 Å². The Morgan fingerprint density at radius 1 is 1.39 bits per heavy atom. The summed E-state index contributed by atoms with van der Waals surface area (Å²) in [7, 11) is 0. The highest BCUT2D eigenvalue weighted by atomic mass is 16.5. The lowest BCUT2D eigenvalue weighted by Gasteiger charge is -2.11. The lowest BCUT2D eigenvalue weighted by molar-refractivity contribution is -0.130. The topological polar surface area (TPSA) is 50.4 Å². The van der Waals surface area contributed by atoms with Gasteiger partial charge in [-0.25, -0.2) is 0 Å². The summed E-state index contributed by atoms with van der Waals surface area (Å²) < 4.78 is 5.36. The lowest BCUT2D eigenvalue weighted by Crippen LogP contribution is -2.33. The lowest BCUT2D eigenvalue weighted by atomic mass is 10.1. The van der Waals surface area contributed by atoms with Crippen LogP contribution >= 0.6 is 0 Å². The highest BCUT2D eigenvalue weighted by molar-refractivity contribution is 5.80. The van der Waals surface area contributed by atoms with Gasteiger partial charge in [-0.2, -0.15) is 0 Å². The second-order valence-corrected chi connectivity index (χ2v) is 4.93. The Hall–Kier alpha value is -1.39. The Bertz CT molecular complexity index is 453. The molecule has 0 spiro atoms. The summed E-state index contributed by atoms with van der Waals surface area (Å²) in [5, 5.41) is 6.26. The van der Waals surface area contributed by atoms with Gasteiger partial charge in [0, 0.05) is 26.2 Å². The summed E-state index contributed by atoms with van der Waals surface area (Å²) in [6, 6.07) is 6.40. The van der Waals surface area contributed by atoms with Crippen LogP contribution in [0.15, 0.2) is 18.2 Å². The molecule has 96 valence electrons. The maximum Gasteiger partial charge on any atom is 0.249 e. The fourth-order valence-electron chi connectivity index (χ4n) is 2.55. The summed E-state index contributed by atoms with van der Waals surface area (Å²) in [5.41, 5.74) is 3.87. The first kappa shape index (κ1) is 11.7. The van der Waals surface area contributed by atoms with Crippen LogP contribution in [0, 0.1) is 0 Å². The zero-order valence-electron chi connectivity index (χ0n) is 10.4. The van der Waals surface area contributed by atoms with Crippen LogP contribution in [0.5, 0.6) is 0 Å². The molecule has 1 atom stereocenters. The highest BCUT2D eigenvalue weighted by Gasteiger charge is 2.23. The Balaban J connectivity index is 1.58. The second-order valence-electron chi connectivity index (χ2n) is 4.93. The highest BCUT2D eigenvalue weighted by Crippen LogP contribution is 2.17. The third-order valence-corrected chi connectivity index (χ3v) is 3.59. The van der Waals surface area contributed by atoms with Gasteiger partial charge < -0.3 is 15.4 Å². The van der Waals surface area contributed by atoms with Crippen LogP contribution in [0.25, 0.3) is 0 Å². The first-order chi connectivity index (χ1) is 8.83. The van der Waals surface area contributed by atoms with Crippen LogP contribution in [-0.4, -0.2) is 18.6 Å². The van der Waals surface area contributed by atoms with Crippen LogP contribution < -0.4 is 10.6 Å². The van der Waals surface area contributed by atoms with Gasteiger partial charge >= 0.3 is 0 Å². The van der Waals surface area contributed by atoms with E-state index in [4.69, 9.17) is 4.74 Å². The quantitative estimate of drug-likeness (QED) is 0.839. The third-order valence-electron chi connectivity index (χ3n) is 3.59. The van der Waals surface area contributed by atoms with Gasteiger partial charge in [-0.1, -0.05) is 18.2 Å². The van der Waals surface area contributed by atoms with E-state index in [0.717, 1.165) is 31.5 Å². The fraction of sp³-hybridized carbons (Fsp3) is 0.500. The molecule has 18 heavy (non-hydrogen) atoms. The zero-order chi connectivity index (χ0) is 12.4. The Morgan fingerprint density at radius 2 is 2.28 bits per heavy atom. The molecule has 4 heteroatoms. The van der Waals surface area contributed by atoms with E-state index < -0.39 is 0 Å². The summed E-state index contributed by atoms with van der Waals surface area (Å²) >= 11 is 0.